The molecule has 3 rings (SSSR count). The highest BCUT2D eigenvalue weighted by molar-refractivity contribution is 6.30. The number of nitrogen functional groups attached to an aromatic ring is 1. The van der Waals surface area contributed by atoms with E-state index in [2.05, 4.69) is 10.8 Å². The summed E-state index contributed by atoms with van der Waals surface area (Å²) in [7, 11) is 7.45. The second kappa shape index (κ2) is 13.9. The fraction of sp³-hybridized carbons (Fsp3) is 0.407. The van der Waals surface area contributed by atoms with Gasteiger partial charge in [0, 0.05) is 62.2 Å². The molecule has 2 N–H and O–H groups in total. The topological polar surface area (TPSA) is 79.1 Å². The predicted molar refractivity (Wildman–Crippen MR) is 143 cm³/mol. The molecule has 0 radical (unpaired) electrons. The van der Waals surface area contributed by atoms with Gasteiger partial charge in [-0.15, -0.1) is 0 Å². The number of carbonyl (C=O) groups excluding carboxylic acids is 2. The fourth-order valence-electron chi connectivity index (χ4n) is 3.69. The molecule has 2 aromatic rings. The third kappa shape index (κ3) is 8.09. The first-order valence-electron chi connectivity index (χ1n) is 11.7. The highest BCUT2D eigenvalue weighted by Gasteiger charge is 2.24. The minimum atomic E-state index is -0.227. The Hall–Kier alpha value is -2.87. The molecule has 2 aromatic carbocycles. The van der Waals surface area contributed by atoms with Crippen molar-refractivity contribution in [1.29, 1.82) is 0 Å². The maximum Gasteiger partial charge on any atom is 0.253 e. The second-order valence-corrected chi connectivity index (χ2v) is 9.13. The molecular formula is C27H37ClN4O3. The number of rotatable bonds is 8. The zero-order valence-electron chi connectivity index (χ0n) is 21.3. The fourth-order valence-corrected chi connectivity index (χ4v) is 3.86. The third-order valence-electron chi connectivity index (χ3n) is 5.87. The number of ether oxygens (including phenoxy) is 1. The van der Waals surface area contributed by atoms with Crippen LogP contribution >= 0.6 is 11.6 Å². The third-order valence-corrected chi connectivity index (χ3v) is 6.10. The molecule has 35 heavy (non-hydrogen) atoms. The van der Waals surface area contributed by atoms with Gasteiger partial charge in [0.25, 0.3) is 5.91 Å². The summed E-state index contributed by atoms with van der Waals surface area (Å²) < 4.78 is 4.54. The lowest BCUT2D eigenvalue weighted by atomic mass is 9.91. The normalized spacial score (nSPS) is 15.2. The standard InChI is InChI=1S/C24H29ClN4O2.C3H8O/c1-27(2)12-13-28(3)24(31)18-6-4-17(5-7-18)23-14-19(10-11-29(23)16-30)21-15-20(25)8-9-22(21)26;1-3-4-2/h4-9,14-16,23H,10-13,26H2,1-3H3;3H2,1-2H3. The Kier molecular flexibility index (Phi) is 11.2. The van der Waals surface area contributed by atoms with E-state index in [1.54, 1.807) is 36.1 Å². The lowest BCUT2D eigenvalue weighted by Crippen LogP contribution is -2.33. The van der Waals surface area contributed by atoms with Crippen molar-refractivity contribution < 1.29 is 14.3 Å². The van der Waals surface area contributed by atoms with Crippen LogP contribution in [0.1, 0.15) is 40.9 Å². The minimum Gasteiger partial charge on any atom is -0.398 e. The Labute approximate surface area is 214 Å². The Morgan fingerprint density at radius 3 is 2.40 bits per heavy atom. The molecule has 0 saturated carbocycles. The number of halogens is 1. The number of hydrogen-bond donors (Lipinski definition) is 1. The molecule has 7 nitrogen and oxygen atoms in total. The minimum absolute atomic E-state index is 0.0211. The van der Waals surface area contributed by atoms with Gasteiger partial charge in [0.1, 0.15) is 0 Å². The first-order valence-corrected chi connectivity index (χ1v) is 12.1. The van der Waals surface area contributed by atoms with Gasteiger partial charge in [-0.25, -0.2) is 0 Å². The van der Waals surface area contributed by atoms with Crippen LogP contribution in [0.15, 0.2) is 48.5 Å². The molecule has 0 bridgehead atoms. The van der Waals surface area contributed by atoms with E-state index in [1.165, 1.54) is 0 Å². The molecule has 1 heterocycles. The van der Waals surface area contributed by atoms with Crippen LogP contribution in [-0.2, 0) is 9.53 Å². The van der Waals surface area contributed by atoms with E-state index in [4.69, 9.17) is 17.3 Å². The molecule has 0 aromatic heterocycles. The van der Waals surface area contributed by atoms with Crippen LogP contribution in [0.5, 0.6) is 0 Å². The molecule has 1 unspecified atom stereocenters. The van der Waals surface area contributed by atoms with Crippen molar-refractivity contribution in [2.24, 2.45) is 0 Å². The van der Waals surface area contributed by atoms with Crippen LogP contribution in [0.4, 0.5) is 5.69 Å². The highest BCUT2D eigenvalue weighted by Crippen LogP contribution is 2.35. The van der Waals surface area contributed by atoms with Gasteiger partial charge in [-0.2, -0.15) is 0 Å². The summed E-state index contributed by atoms with van der Waals surface area (Å²) in [6.07, 6.45) is 3.63. The molecule has 0 fully saturated rings. The molecule has 1 atom stereocenters. The van der Waals surface area contributed by atoms with Crippen molar-refractivity contribution in [3.05, 3.63) is 70.3 Å². The van der Waals surface area contributed by atoms with Crippen molar-refractivity contribution in [3.8, 4) is 0 Å². The Balaban J connectivity index is 0.00000100. The first-order chi connectivity index (χ1) is 16.7. The average Bonchev–Trinajstić information content (AvgIpc) is 2.88. The number of nitrogens with two attached hydrogens (primary N) is 1. The average molecular weight is 501 g/mol. The summed E-state index contributed by atoms with van der Waals surface area (Å²) in [4.78, 5) is 29.9. The van der Waals surface area contributed by atoms with Crippen molar-refractivity contribution in [3.63, 3.8) is 0 Å². The molecular weight excluding hydrogens is 464 g/mol. The summed E-state index contributed by atoms with van der Waals surface area (Å²) in [5, 5.41) is 0.626. The molecule has 0 aliphatic carbocycles. The van der Waals surface area contributed by atoms with E-state index < -0.39 is 0 Å². The zero-order chi connectivity index (χ0) is 26.0. The number of hydrogen-bond acceptors (Lipinski definition) is 5. The predicted octanol–water partition coefficient (Wildman–Crippen LogP) is 4.20. The Morgan fingerprint density at radius 2 is 1.83 bits per heavy atom. The summed E-state index contributed by atoms with van der Waals surface area (Å²) in [5.74, 6) is -0.0211. The molecule has 8 heteroatoms. The highest BCUT2D eigenvalue weighted by atomic mass is 35.5. The number of anilines is 1. The van der Waals surface area contributed by atoms with E-state index in [0.29, 0.717) is 35.8 Å². The van der Waals surface area contributed by atoms with E-state index in [-0.39, 0.29) is 11.9 Å². The van der Waals surface area contributed by atoms with E-state index in [1.807, 2.05) is 56.3 Å². The summed E-state index contributed by atoms with van der Waals surface area (Å²) in [6, 6.07) is 12.7. The number of likely N-dealkylation sites (N-methyl/N-ethyl adjacent to an activating group) is 2. The molecule has 1 aliphatic heterocycles. The molecule has 2 amide bonds. The second-order valence-electron chi connectivity index (χ2n) is 8.69. The van der Waals surface area contributed by atoms with Crippen LogP contribution < -0.4 is 5.73 Å². The molecule has 190 valence electrons. The van der Waals surface area contributed by atoms with E-state index in [0.717, 1.165) is 36.3 Å². The summed E-state index contributed by atoms with van der Waals surface area (Å²) >= 11 is 6.17. The largest absolute Gasteiger partial charge is 0.398 e. The van der Waals surface area contributed by atoms with E-state index in [9.17, 15) is 9.59 Å². The van der Waals surface area contributed by atoms with E-state index >= 15 is 0 Å². The van der Waals surface area contributed by atoms with Gasteiger partial charge in [-0.3, -0.25) is 9.59 Å². The molecule has 0 spiro atoms. The summed E-state index contributed by atoms with van der Waals surface area (Å²) in [6.45, 7) is 4.82. The lowest BCUT2D eigenvalue weighted by molar-refractivity contribution is -0.119. The van der Waals surface area contributed by atoms with Crippen LogP contribution in [0.2, 0.25) is 5.02 Å². The quantitative estimate of drug-likeness (QED) is 0.434. The van der Waals surface area contributed by atoms with Gasteiger partial charge in [0.2, 0.25) is 6.41 Å². The van der Waals surface area contributed by atoms with Crippen LogP contribution in [-0.4, -0.2) is 81.5 Å². The Bertz CT molecular complexity index is 1010. The number of carbonyl (C=O) groups is 2. The maximum absolute atomic E-state index is 12.7. The van der Waals surface area contributed by atoms with Crippen molar-refractivity contribution >= 4 is 35.2 Å². The number of amides is 2. The van der Waals surface area contributed by atoms with Gasteiger partial charge in [-0.1, -0.05) is 29.8 Å². The first kappa shape index (κ1) is 28.4. The van der Waals surface area contributed by atoms with Crippen LogP contribution in [0.25, 0.3) is 5.57 Å². The van der Waals surface area contributed by atoms with Crippen molar-refractivity contribution in [1.82, 2.24) is 14.7 Å². The van der Waals surface area contributed by atoms with Crippen molar-refractivity contribution in [2.75, 3.05) is 60.2 Å². The van der Waals surface area contributed by atoms with Gasteiger partial charge in [0.15, 0.2) is 0 Å². The van der Waals surface area contributed by atoms with Gasteiger partial charge >= 0.3 is 0 Å². The monoisotopic (exact) mass is 500 g/mol. The molecule has 1 aliphatic rings. The van der Waals surface area contributed by atoms with Crippen LogP contribution in [0, 0.1) is 0 Å². The Morgan fingerprint density at radius 1 is 1.17 bits per heavy atom. The van der Waals surface area contributed by atoms with Crippen molar-refractivity contribution in [2.45, 2.75) is 19.4 Å². The zero-order valence-corrected chi connectivity index (χ0v) is 22.1. The van der Waals surface area contributed by atoms with Crippen LogP contribution in [0.3, 0.4) is 0 Å². The summed E-state index contributed by atoms with van der Waals surface area (Å²) in [5.41, 5.74) is 10.4. The van der Waals surface area contributed by atoms with Gasteiger partial charge in [0.05, 0.1) is 6.04 Å². The number of methoxy groups -OCH3 is 1. The maximum atomic E-state index is 12.7. The van der Waals surface area contributed by atoms with Gasteiger partial charge < -0.3 is 25.2 Å². The van der Waals surface area contributed by atoms with Gasteiger partial charge in [-0.05, 0) is 68.9 Å². The SMILES string of the molecule is CCOC.CN(C)CCN(C)C(=O)c1ccc(C2C=C(c3cc(Cl)ccc3N)CCN2C=O)cc1. The molecule has 0 saturated heterocycles. The smallest absolute Gasteiger partial charge is 0.253 e. The number of nitrogens with zero attached hydrogens (tertiary/aromatic N) is 3. The number of benzene rings is 2. The lowest BCUT2D eigenvalue weighted by Gasteiger charge is -2.32.